The van der Waals surface area contributed by atoms with Crippen LogP contribution in [-0.4, -0.2) is 27.6 Å². The van der Waals surface area contributed by atoms with Gasteiger partial charge >= 0.3 is 0 Å². The molecule has 0 aliphatic rings. The summed E-state index contributed by atoms with van der Waals surface area (Å²) >= 11 is 0. The van der Waals surface area contributed by atoms with Crippen LogP contribution in [0, 0.1) is 0 Å². The van der Waals surface area contributed by atoms with E-state index >= 15 is 0 Å². The van der Waals surface area contributed by atoms with Gasteiger partial charge in [-0.3, -0.25) is 0 Å². The first-order valence-electron chi connectivity index (χ1n) is 7.42. The van der Waals surface area contributed by atoms with Crippen LogP contribution in [0.5, 0.6) is 0 Å². The number of ether oxygens (including phenoxy) is 1. The summed E-state index contributed by atoms with van der Waals surface area (Å²) in [7, 11) is -1.46. The van der Waals surface area contributed by atoms with Crippen LogP contribution in [0.15, 0.2) is 24.8 Å². The Labute approximate surface area is 121 Å². The van der Waals surface area contributed by atoms with Crippen LogP contribution < -0.4 is 0 Å². The van der Waals surface area contributed by atoms with Gasteiger partial charge in [-0.1, -0.05) is 38.0 Å². The highest BCUT2D eigenvalue weighted by atomic mass is 28.4. The molecule has 3 heteroatoms. The van der Waals surface area contributed by atoms with Crippen molar-refractivity contribution < 1.29 is 9.16 Å². The van der Waals surface area contributed by atoms with Crippen LogP contribution in [0.25, 0.3) is 0 Å². The minimum atomic E-state index is -1.46. The third-order valence-corrected chi connectivity index (χ3v) is 5.60. The Morgan fingerprint density at radius 2 is 2.05 bits per heavy atom. The average Bonchev–Trinajstić information content (AvgIpc) is 2.33. The van der Waals surface area contributed by atoms with Crippen molar-refractivity contribution in [3.8, 4) is 0 Å². The first-order chi connectivity index (χ1) is 8.91. The van der Waals surface area contributed by atoms with Crippen molar-refractivity contribution in [2.75, 3.05) is 13.2 Å². The molecule has 0 aliphatic carbocycles. The number of hydrogen-bond donors (Lipinski definition) is 0. The average molecular weight is 285 g/mol. The zero-order chi connectivity index (χ0) is 14.7. The molecule has 0 saturated heterocycles. The molecule has 1 atom stereocenters. The first-order valence-corrected chi connectivity index (χ1v) is 10.5. The molecule has 0 radical (unpaired) electrons. The van der Waals surface area contributed by atoms with Gasteiger partial charge < -0.3 is 9.16 Å². The largest absolute Gasteiger partial charge is 0.417 e. The van der Waals surface area contributed by atoms with Crippen molar-refractivity contribution in [1.29, 1.82) is 0 Å². The molecule has 0 rings (SSSR count). The smallest absolute Gasteiger partial charge is 0.186 e. The van der Waals surface area contributed by atoms with Gasteiger partial charge in [0.15, 0.2) is 8.32 Å². The highest BCUT2D eigenvalue weighted by Gasteiger charge is 2.21. The van der Waals surface area contributed by atoms with Crippen molar-refractivity contribution in [2.45, 2.75) is 64.8 Å². The fraction of sp³-hybridized carbons (Fsp3) is 0.750. The van der Waals surface area contributed by atoms with E-state index in [9.17, 15) is 0 Å². The van der Waals surface area contributed by atoms with E-state index in [0.717, 1.165) is 25.0 Å². The quantitative estimate of drug-likeness (QED) is 0.373. The zero-order valence-electron chi connectivity index (χ0n) is 13.3. The molecule has 0 heterocycles. The molecule has 0 amide bonds. The predicted octanol–water partition coefficient (Wildman–Crippen LogP) is 4.94. The molecule has 112 valence electrons. The standard InChI is InChI=1S/C16H32O2Si/c1-7-9-13-19(5,6)18-12-11-16(10-8-2)17-14-15(3)4/h8,16H,2-3,7,9-14H2,1,4-6H3. The minimum Gasteiger partial charge on any atom is -0.417 e. The highest BCUT2D eigenvalue weighted by molar-refractivity contribution is 6.71. The maximum absolute atomic E-state index is 6.12. The van der Waals surface area contributed by atoms with Crippen molar-refractivity contribution in [3.05, 3.63) is 24.8 Å². The van der Waals surface area contributed by atoms with Crippen molar-refractivity contribution in [3.63, 3.8) is 0 Å². The Balaban J connectivity index is 3.96. The van der Waals surface area contributed by atoms with Gasteiger partial charge in [-0.05, 0) is 38.9 Å². The molecule has 0 N–H and O–H groups in total. The van der Waals surface area contributed by atoms with Crippen LogP contribution in [0.4, 0.5) is 0 Å². The van der Waals surface area contributed by atoms with E-state index in [0.29, 0.717) is 6.61 Å². The predicted molar refractivity (Wildman–Crippen MR) is 87.1 cm³/mol. The lowest BCUT2D eigenvalue weighted by molar-refractivity contribution is 0.0541. The topological polar surface area (TPSA) is 18.5 Å². The van der Waals surface area contributed by atoms with E-state index in [2.05, 4.69) is 33.2 Å². The first kappa shape index (κ1) is 18.6. The Morgan fingerprint density at radius 3 is 2.58 bits per heavy atom. The van der Waals surface area contributed by atoms with Crippen LogP contribution in [0.3, 0.4) is 0 Å². The minimum absolute atomic E-state index is 0.213. The molecule has 0 bridgehead atoms. The Hall–Kier alpha value is -0.383. The lowest BCUT2D eigenvalue weighted by atomic mass is 10.2. The molecule has 2 nitrogen and oxygen atoms in total. The fourth-order valence-electron chi connectivity index (χ4n) is 1.86. The molecule has 0 spiro atoms. The van der Waals surface area contributed by atoms with Crippen LogP contribution in [0.1, 0.15) is 39.5 Å². The monoisotopic (exact) mass is 284 g/mol. The molecular weight excluding hydrogens is 252 g/mol. The van der Waals surface area contributed by atoms with Gasteiger partial charge in [0.05, 0.1) is 12.7 Å². The van der Waals surface area contributed by atoms with E-state index in [1.54, 1.807) is 0 Å². The van der Waals surface area contributed by atoms with Gasteiger partial charge in [0.25, 0.3) is 0 Å². The Morgan fingerprint density at radius 1 is 1.37 bits per heavy atom. The summed E-state index contributed by atoms with van der Waals surface area (Å²) in [5.41, 5.74) is 1.06. The second kappa shape index (κ2) is 10.4. The summed E-state index contributed by atoms with van der Waals surface area (Å²) < 4.78 is 11.9. The lowest BCUT2D eigenvalue weighted by Gasteiger charge is -2.24. The molecule has 0 aromatic rings. The molecule has 0 saturated carbocycles. The second-order valence-corrected chi connectivity index (χ2v) is 10.2. The summed E-state index contributed by atoms with van der Waals surface area (Å²) in [5, 5.41) is 0. The zero-order valence-corrected chi connectivity index (χ0v) is 14.3. The van der Waals surface area contributed by atoms with Crippen LogP contribution in [-0.2, 0) is 9.16 Å². The van der Waals surface area contributed by atoms with Gasteiger partial charge in [0, 0.05) is 6.61 Å². The lowest BCUT2D eigenvalue weighted by Crippen LogP contribution is -2.31. The maximum Gasteiger partial charge on any atom is 0.186 e. The normalized spacial score (nSPS) is 13.3. The number of unbranched alkanes of at least 4 members (excludes halogenated alkanes) is 1. The van der Waals surface area contributed by atoms with E-state index in [1.165, 1.54) is 18.9 Å². The van der Waals surface area contributed by atoms with E-state index in [4.69, 9.17) is 9.16 Å². The van der Waals surface area contributed by atoms with Crippen molar-refractivity contribution in [1.82, 2.24) is 0 Å². The van der Waals surface area contributed by atoms with Gasteiger partial charge in [-0.2, -0.15) is 0 Å². The Bertz CT molecular complexity index is 261. The SMILES string of the molecule is C=CCC(CCO[Si](C)(C)CCCC)OCC(=C)C. The van der Waals surface area contributed by atoms with Crippen molar-refractivity contribution in [2.24, 2.45) is 0 Å². The Kier molecular flexibility index (Phi) is 10.2. The van der Waals surface area contributed by atoms with E-state index in [-0.39, 0.29) is 6.10 Å². The number of rotatable bonds is 12. The van der Waals surface area contributed by atoms with Crippen LogP contribution >= 0.6 is 0 Å². The number of hydrogen-bond acceptors (Lipinski definition) is 2. The second-order valence-electron chi connectivity index (χ2n) is 5.91. The molecule has 0 fully saturated rings. The highest BCUT2D eigenvalue weighted by Crippen LogP contribution is 2.16. The molecule has 0 aromatic carbocycles. The van der Waals surface area contributed by atoms with Crippen LogP contribution in [0.2, 0.25) is 19.1 Å². The molecule has 1 unspecified atom stereocenters. The van der Waals surface area contributed by atoms with Crippen molar-refractivity contribution >= 4 is 8.32 Å². The third-order valence-electron chi connectivity index (χ3n) is 3.06. The molecule has 0 aliphatic heterocycles. The molecule has 19 heavy (non-hydrogen) atoms. The summed E-state index contributed by atoms with van der Waals surface area (Å²) in [6.07, 6.45) is 6.49. The van der Waals surface area contributed by atoms with E-state index in [1.807, 2.05) is 13.0 Å². The molecule has 0 aromatic heterocycles. The van der Waals surface area contributed by atoms with Gasteiger partial charge in [-0.15, -0.1) is 6.58 Å². The molecular formula is C16H32O2Si. The maximum atomic E-state index is 6.12. The summed E-state index contributed by atoms with van der Waals surface area (Å²) in [6.45, 7) is 17.9. The summed E-state index contributed by atoms with van der Waals surface area (Å²) in [4.78, 5) is 0. The van der Waals surface area contributed by atoms with E-state index < -0.39 is 8.32 Å². The summed E-state index contributed by atoms with van der Waals surface area (Å²) in [6, 6.07) is 1.25. The van der Waals surface area contributed by atoms with Gasteiger partial charge in [0.2, 0.25) is 0 Å². The third kappa shape index (κ3) is 11.2. The fourth-order valence-corrected chi connectivity index (χ4v) is 3.88. The van der Waals surface area contributed by atoms with Gasteiger partial charge in [-0.25, -0.2) is 0 Å². The van der Waals surface area contributed by atoms with Gasteiger partial charge in [0.1, 0.15) is 0 Å². The summed E-state index contributed by atoms with van der Waals surface area (Å²) in [5.74, 6) is 0.